The molecule has 1 aliphatic carbocycles. The second-order valence-corrected chi connectivity index (χ2v) is 15.6. The van der Waals surface area contributed by atoms with Crippen molar-refractivity contribution in [1.29, 1.82) is 0 Å². The maximum atomic E-state index is 14.6. The third kappa shape index (κ3) is 11.1. The van der Waals surface area contributed by atoms with Gasteiger partial charge in [0.1, 0.15) is 22.8 Å². The molecule has 0 spiro atoms. The number of carboxylic acids is 1. The van der Waals surface area contributed by atoms with Crippen LogP contribution in [0.15, 0.2) is 29.6 Å². The highest BCUT2D eigenvalue weighted by atomic mass is 32.1. The van der Waals surface area contributed by atoms with E-state index >= 15 is 0 Å². The Labute approximate surface area is 315 Å². The van der Waals surface area contributed by atoms with E-state index in [2.05, 4.69) is 43.6 Å². The fourth-order valence-electron chi connectivity index (χ4n) is 7.14. The molecule has 4 N–H and O–H groups in total. The van der Waals surface area contributed by atoms with Gasteiger partial charge >= 0.3 is 5.97 Å². The quantitative estimate of drug-likeness (QED) is 0.116. The molecule has 11 nitrogen and oxygen atoms in total. The molecule has 0 saturated heterocycles. The molecule has 1 heterocycles. The van der Waals surface area contributed by atoms with Crippen LogP contribution in [0, 0.1) is 17.8 Å². The minimum Gasteiger partial charge on any atom is -0.481 e. The molecule has 12 heteroatoms. The van der Waals surface area contributed by atoms with E-state index in [1.54, 1.807) is 12.4 Å². The maximum absolute atomic E-state index is 14.6. The van der Waals surface area contributed by atoms with E-state index in [9.17, 15) is 24.3 Å². The van der Waals surface area contributed by atoms with E-state index in [1.165, 1.54) is 11.3 Å². The van der Waals surface area contributed by atoms with Gasteiger partial charge in [-0.25, -0.2) is 4.98 Å². The fraction of sp³-hybridized carbons (Fsp3) is 0.675. The Hall–Kier alpha value is -3.35. The Kier molecular flexibility index (Phi) is 17.2. The van der Waals surface area contributed by atoms with Gasteiger partial charge in [-0.1, -0.05) is 92.5 Å². The van der Waals surface area contributed by atoms with Crippen molar-refractivity contribution >= 4 is 35.0 Å². The van der Waals surface area contributed by atoms with Crippen LogP contribution in [-0.2, 0) is 25.5 Å². The number of aromatic nitrogens is 1. The first-order valence-electron chi connectivity index (χ1n) is 19.3. The van der Waals surface area contributed by atoms with E-state index in [0.29, 0.717) is 37.4 Å². The van der Waals surface area contributed by atoms with Crippen molar-refractivity contribution in [1.82, 2.24) is 25.8 Å². The van der Waals surface area contributed by atoms with E-state index in [1.807, 2.05) is 56.9 Å². The van der Waals surface area contributed by atoms with Crippen molar-refractivity contribution in [2.75, 3.05) is 20.2 Å². The van der Waals surface area contributed by atoms with Crippen molar-refractivity contribution in [3.63, 3.8) is 0 Å². The third-order valence-electron chi connectivity index (χ3n) is 10.6. The first kappa shape index (κ1) is 43.1. The van der Waals surface area contributed by atoms with Gasteiger partial charge < -0.3 is 30.7 Å². The first-order chi connectivity index (χ1) is 24.8. The summed E-state index contributed by atoms with van der Waals surface area (Å²) in [6.07, 6.45) is 3.97. The number of rotatable bonds is 21. The molecular weight excluding hydrogens is 679 g/mol. The summed E-state index contributed by atoms with van der Waals surface area (Å²) in [4.78, 5) is 60.4. The first-order valence-corrected chi connectivity index (χ1v) is 20.2. The number of fused-ring (bicyclic) bond motifs is 1. The monoisotopic (exact) mass is 741 g/mol. The zero-order valence-corrected chi connectivity index (χ0v) is 33.6. The van der Waals surface area contributed by atoms with Crippen LogP contribution in [-0.4, -0.2) is 83.0 Å². The third-order valence-corrected chi connectivity index (χ3v) is 11.5. The summed E-state index contributed by atoms with van der Waals surface area (Å²) in [6, 6.07) is 5.86. The number of nitrogens with zero attached hydrogens (tertiary/aromatic N) is 2. The lowest BCUT2D eigenvalue weighted by molar-refractivity contribution is -0.142. The van der Waals surface area contributed by atoms with Gasteiger partial charge in [-0.15, -0.1) is 11.3 Å². The number of carbonyl (C=O) groups is 4. The fourth-order valence-corrected chi connectivity index (χ4v) is 8.00. The normalized spacial score (nSPS) is 19.1. The van der Waals surface area contributed by atoms with Crippen LogP contribution < -0.4 is 16.0 Å². The second kappa shape index (κ2) is 20.8. The van der Waals surface area contributed by atoms with Gasteiger partial charge in [0.15, 0.2) is 0 Å². The highest BCUT2D eigenvalue weighted by Crippen LogP contribution is 2.34. The number of carboxylic acid groups (broad SMARTS) is 1. The van der Waals surface area contributed by atoms with Crippen molar-refractivity contribution < 1.29 is 29.0 Å². The number of nitrogens with one attached hydrogen (secondary N) is 3. The molecule has 1 aromatic carbocycles. The van der Waals surface area contributed by atoms with E-state index in [0.717, 1.165) is 36.8 Å². The van der Waals surface area contributed by atoms with Crippen LogP contribution >= 0.6 is 11.3 Å². The van der Waals surface area contributed by atoms with Gasteiger partial charge in [0.2, 0.25) is 11.8 Å². The highest BCUT2D eigenvalue weighted by molar-refractivity contribution is 7.09. The molecule has 0 saturated carbocycles. The molecule has 2 aromatic rings. The molecule has 290 valence electrons. The average Bonchev–Trinajstić information content (AvgIpc) is 3.63. The summed E-state index contributed by atoms with van der Waals surface area (Å²) < 4.78 is 6.40. The Balaban J connectivity index is 1.86. The SMILES string of the molecule is CCCO[C@H](CC(C(C)C)N(CCC)C(=O)[C@@H](NC(=O)[C@@H](NC)[C@@H](C)CC)[C@@H](C)CC)c1nc(C(=O)N[C@H]2Cc3ccccc3[C@H](C(=O)O)C2)cs1. The molecule has 3 amide bonds. The van der Waals surface area contributed by atoms with Crippen molar-refractivity contribution in [2.45, 2.75) is 137 Å². The molecule has 0 bridgehead atoms. The number of hydrogen-bond donors (Lipinski definition) is 4. The van der Waals surface area contributed by atoms with E-state index < -0.39 is 30.1 Å². The van der Waals surface area contributed by atoms with Crippen LogP contribution in [0.4, 0.5) is 0 Å². The van der Waals surface area contributed by atoms with Gasteiger partial charge in [-0.05, 0) is 61.6 Å². The smallest absolute Gasteiger partial charge is 0.311 e. The Morgan fingerprint density at radius 2 is 1.67 bits per heavy atom. The lowest BCUT2D eigenvalue weighted by Crippen LogP contribution is -2.59. The molecule has 8 atom stereocenters. The van der Waals surface area contributed by atoms with E-state index in [4.69, 9.17) is 9.72 Å². The molecular formula is C40H63N5O6S. The molecule has 1 aromatic heterocycles. The minimum atomic E-state index is -0.903. The van der Waals surface area contributed by atoms with Gasteiger partial charge in [-0.3, -0.25) is 19.2 Å². The molecule has 0 radical (unpaired) electrons. The topological polar surface area (TPSA) is 150 Å². The lowest BCUT2D eigenvalue weighted by atomic mass is 9.80. The van der Waals surface area contributed by atoms with Crippen LogP contribution in [0.3, 0.4) is 0 Å². The largest absolute Gasteiger partial charge is 0.481 e. The number of ether oxygens (including phenoxy) is 1. The van der Waals surface area contributed by atoms with Gasteiger partial charge in [0.05, 0.1) is 12.0 Å². The highest BCUT2D eigenvalue weighted by Gasteiger charge is 2.38. The lowest BCUT2D eigenvalue weighted by Gasteiger charge is -2.39. The van der Waals surface area contributed by atoms with Crippen molar-refractivity contribution in [3.05, 3.63) is 51.5 Å². The van der Waals surface area contributed by atoms with Gasteiger partial charge in [0.25, 0.3) is 5.91 Å². The zero-order chi connectivity index (χ0) is 38.5. The van der Waals surface area contributed by atoms with Crippen LogP contribution in [0.25, 0.3) is 0 Å². The van der Waals surface area contributed by atoms with Crippen LogP contribution in [0.2, 0.25) is 0 Å². The summed E-state index contributed by atoms with van der Waals surface area (Å²) in [5.74, 6) is -2.10. The van der Waals surface area contributed by atoms with Gasteiger partial charge in [-0.2, -0.15) is 0 Å². The summed E-state index contributed by atoms with van der Waals surface area (Å²) in [5, 5.41) is 21.6. The number of likely N-dealkylation sites (N-methyl/N-ethyl adjacent to an activating group) is 1. The molecule has 1 aliphatic rings. The number of aliphatic carboxylic acids is 1. The standard InChI is InChI=1S/C40H63N5O6S/c1-10-18-45(39(48)35(26(8)13-4)44-37(47)34(41-9)25(7)12-3)32(24(5)6)22-33(51-19-11-2)38-43-31(23-52-38)36(46)42-28-20-27-16-14-15-17-29(27)30(21-28)40(49)50/h14-17,23-26,28,30,32-35,41H,10-13,18-22H2,1-9H3,(H,42,46)(H,44,47)(H,49,50)/t25-,26-,28-,30+,32?,33+,34-,35-/m0/s1. The molecule has 3 rings (SSSR count). The van der Waals surface area contributed by atoms with Gasteiger partial charge in [0, 0.05) is 37.0 Å². The number of carbonyl (C=O) groups excluding carboxylic acids is 3. The number of hydrogen-bond acceptors (Lipinski definition) is 8. The molecule has 0 fully saturated rings. The predicted molar refractivity (Wildman–Crippen MR) is 206 cm³/mol. The van der Waals surface area contributed by atoms with Crippen molar-refractivity contribution in [2.24, 2.45) is 17.8 Å². The average molecular weight is 742 g/mol. The number of benzene rings is 1. The second-order valence-electron chi connectivity index (χ2n) is 14.7. The summed E-state index contributed by atoms with van der Waals surface area (Å²) in [5.41, 5.74) is 1.99. The zero-order valence-electron chi connectivity index (χ0n) is 32.7. The van der Waals surface area contributed by atoms with Crippen LogP contribution in [0.1, 0.15) is 133 Å². The summed E-state index contributed by atoms with van der Waals surface area (Å²) in [7, 11) is 1.78. The Morgan fingerprint density at radius 1 is 1.00 bits per heavy atom. The Morgan fingerprint density at radius 3 is 2.27 bits per heavy atom. The van der Waals surface area contributed by atoms with Crippen molar-refractivity contribution in [3.8, 4) is 0 Å². The molecule has 52 heavy (non-hydrogen) atoms. The molecule has 0 aliphatic heterocycles. The maximum Gasteiger partial charge on any atom is 0.311 e. The summed E-state index contributed by atoms with van der Waals surface area (Å²) in [6.45, 7) is 17.4. The number of thiazole rings is 1. The van der Waals surface area contributed by atoms with E-state index in [-0.39, 0.29) is 53.3 Å². The Bertz CT molecular complexity index is 1470. The predicted octanol–water partition coefficient (Wildman–Crippen LogP) is 6.34. The van der Waals surface area contributed by atoms with Crippen LogP contribution in [0.5, 0.6) is 0 Å². The minimum absolute atomic E-state index is 0.0702. The molecule has 1 unspecified atom stereocenters. The number of amides is 3. The summed E-state index contributed by atoms with van der Waals surface area (Å²) >= 11 is 1.35.